The topological polar surface area (TPSA) is 51.2 Å². The number of para-hydroxylation sites is 1. The van der Waals surface area contributed by atoms with Crippen molar-refractivity contribution in [3.05, 3.63) is 59.8 Å². The largest absolute Gasteiger partial charge is 0.462 e. The number of ether oxygens (including phenoxy) is 1. The highest BCUT2D eigenvalue weighted by Crippen LogP contribution is 2.31. The van der Waals surface area contributed by atoms with E-state index in [-0.39, 0.29) is 5.97 Å². The van der Waals surface area contributed by atoms with Gasteiger partial charge in [-0.1, -0.05) is 18.2 Å². The van der Waals surface area contributed by atoms with E-state index in [0.717, 1.165) is 27.8 Å². The van der Waals surface area contributed by atoms with Gasteiger partial charge in [-0.2, -0.15) is 0 Å². The molecule has 4 nitrogen and oxygen atoms in total. The van der Waals surface area contributed by atoms with Crippen LogP contribution in [0.1, 0.15) is 22.8 Å². The van der Waals surface area contributed by atoms with Crippen LogP contribution in [0.15, 0.2) is 53.6 Å². The lowest BCUT2D eigenvalue weighted by Crippen LogP contribution is -2.09. The molecule has 3 aromatic rings. The first kappa shape index (κ1) is 17.3. The van der Waals surface area contributed by atoms with Crippen LogP contribution in [0, 0.1) is 6.92 Å². The number of aryl methyl sites for hydroxylation is 1. The molecule has 0 bridgehead atoms. The predicted molar refractivity (Wildman–Crippen MR) is 104 cm³/mol. The Morgan fingerprint density at radius 1 is 1.20 bits per heavy atom. The van der Waals surface area contributed by atoms with Crippen molar-refractivity contribution in [3.8, 4) is 0 Å². The Bertz CT molecular complexity index is 907. The zero-order valence-electron chi connectivity index (χ0n) is 14.5. The summed E-state index contributed by atoms with van der Waals surface area (Å²) in [4.78, 5) is 18.0. The lowest BCUT2D eigenvalue weighted by Gasteiger charge is -2.15. The van der Waals surface area contributed by atoms with Crippen LogP contribution in [0.5, 0.6) is 0 Å². The van der Waals surface area contributed by atoms with Crippen LogP contribution >= 0.6 is 11.8 Å². The summed E-state index contributed by atoms with van der Waals surface area (Å²) in [5, 5.41) is 4.29. The second kappa shape index (κ2) is 7.57. The molecule has 0 aliphatic rings. The quantitative estimate of drug-likeness (QED) is 0.506. The van der Waals surface area contributed by atoms with Crippen molar-refractivity contribution in [2.45, 2.75) is 18.7 Å². The van der Waals surface area contributed by atoms with E-state index in [4.69, 9.17) is 4.74 Å². The maximum absolute atomic E-state index is 12.4. The Kier molecular flexibility index (Phi) is 5.24. The fourth-order valence-electron chi connectivity index (χ4n) is 2.69. The van der Waals surface area contributed by atoms with Crippen LogP contribution < -0.4 is 5.32 Å². The maximum atomic E-state index is 12.4. The van der Waals surface area contributed by atoms with Gasteiger partial charge >= 0.3 is 5.97 Å². The van der Waals surface area contributed by atoms with Gasteiger partial charge in [0, 0.05) is 22.2 Å². The molecule has 0 radical (unpaired) electrons. The number of esters is 1. The van der Waals surface area contributed by atoms with Crippen LogP contribution in [0.25, 0.3) is 10.9 Å². The molecule has 128 valence electrons. The summed E-state index contributed by atoms with van der Waals surface area (Å²) in [6.07, 6.45) is 3.63. The first-order valence-electron chi connectivity index (χ1n) is 8.10. The third kappa shape index (κ3) is 3.61. The van der Waals surface area contributed by atoms with E-state index in [9.17, 15) is 4.79 Å². The number of thioether (sulfide) groups is 1. The molecule has 0 spiro atoms. The first-order valence-corrected chi connectivity index (χ1v) is 9.33. The molecule has 0 unspecified atom stereocenters. The molecular weight excluding hydrogens is 332 g/mol. The van der Waals surface area contributed by atoms with Gasteiger partial charge in [0.25, 0.3) is 0 Å². The number of anilines is 2. The number of nitrogens with zero attached hydrogens (tertiary/aromatic N) is 1. The van der Waals surface area contributed by atoms with E-state index in [1.807, 2.05) is 55.6 Å². The van der Waals surface area contributed by atoms with E-state index in [1.165, 1.54) is 4.90 Å². The summed E-state index contributed by atoms with van der Waals surface area (Å²) in [7, 11) is 0. The van der Waals surface area contributed by atoms with Gasteiger partial charge in [0.2, 0.25) is 0 Å². The first-order chi connectivity index (χ1) is 12.1. The van der Waals surface area contributed by atoms with Gasteiger partial charge in [0.05, 0.1) is 17.8 Å². The van der Waals surface area contributed by atoms with Crippen molar-refractivity contribution in [2.24, 2.45) is 0 Å². The number of benzene rings is 2. The van der Waals surface area contributed by atoms with Gasteiger partial charge in [-0.05, 0) is 49.9 Å². The third-order valence-electron chi connectivity index (χ3n) is 3.95. The fourth-order valence-corrected chi connectivity index (χ4v) is 3.10. The zero-order chi connectivity index (χ0) is 17.8. The Morgan fingerprint density at radius 3 is 2.64 bits per heavy atom. The molecule has 0 saturated heterocycles. The molecule has 3 rings (SSSR count). The van der Waals surface area contributed by atoms with Gasteiger partial charge in [-0.15, -0.1) is 11.8 Å². The van der Waals surface area contributed by atoms with Crippen molar-refractivity contribution in [2.75, 3.05) is 18.2 Å². The zero-order valence-corrected chi connectivity index (χ0v) is 15.3. The van der Waals surface area contributed by atoms with Crippen LogP contribution in [-0.4, -0.2) is 23.8 Å². The number of rotatable bonds is 5. The van der Waals surface area contributed by atoms with Crippen LogP contribution in [0.2, 0.25) is 0 Å². The summed E-state index contributed by atoms with van der Waals surface area (Å²) in [5.74, 6) is -0.373. The number of pyridine rings is 1. The molecular formula is C20H20N2O2S. The molecule has 1 aromatic heterocycles. The van der Waals surface area contributed by atoms with Crippen molar-refractivity contribution >= 4 is 40.0 Å². The smallest absolute Gasteiger partial charge is 0.341 e. The molecule has 1 heterocycles. The third-order valence-corrected chi connectivity index (χ3v) is 4.70. The number of carbonyl (C=O) groups excluding carboxylic acids is 1. The lowest BCUT2D eigenvalue weighted by molar-refractivity contribution is 0.0527. The fraction of sp³-hybridized carbons (Fsp3) is 0.200. The Balaban J connectivity index is 2.12. The molecule has 1 N–H and O–H groups in total. The summed E-state index contributed by atoms with van der Waals surface area (Å²) in [6.45, 7) is 4.13. The maximum Gasteiger partial charge on any atom is 0.341 e. The van der Waals surface area contributed by atoms with Gasteiger partial charge in [0.1, 0.15) is 5.56 Å². The molecule has 0 atom stereocenters. The summed E-state index contributed by atoms with van der Waals surface area (Å²) >= 11 is 1.69. The molecule has 0 aliphatic heterocycles. The number of nitrogens with one attached hydrogen (secondary N) is 1. The van der Waals surface area contributed by atoms with E-state index < -0.39 is 0 Å². The second-order valence-electron chi connectivity index (χ2n) is 5.59. The second-order valence-corrected chi connectivity index (χ2v) is 6.47. The molecule has 2 aromatic carbocycles. The number of fused-ring (bicyclic) bond motifs is 1. The SMILES string of the molecule is CCOC(=O)c1cnc2c(C)cccc2c1Nc1ccc(SC)cc1. The number of hydrogen-bond donors (Lipinski definition) is 1. The minimum absolute atomic E-state index is 0.326. The Labute approximate surface area is 151 Å². The summed E-state index contributed by atoms with van der Waals surface area (Å²) in [6, 6.07) is 14.0. The van der Waals surface area contributed by atoms with E-state index in [2.05, 4.69) is 10.3 Å². The van der Waals surface area contributed by atoms with Crippen molar-refractivity contribution in [1.29, 1.82) is 0 Å². The van der Waals surface area contributed by atoms with Crippen molar-refractivity contribution < 1.29 is 9.53 Å². The highest BCUT2D eigenvalue weighted by Gasteiger charge is 2.17. The number of hydrogen-bond acceptors (Lipinski definition) is 5. The lowest BCUT2D eigenvalue weighted by atomic mass is 10.1. The van der Waals surface area contributed by atoms with Crippen LogP contribution in [0.3, 0.4) is 0 Å². The minimum atomic E-state index is -0.373. The van der Waals surface area contributed by atoms with Crippen molar-refractivity contribution in [3.63, 3.8) is 0 Å². The van der Waals surface area contributed by atoms with E-state index >= 15 is 0 Å². The average Bonchev–Trinajstić information content (AvgIpc) is 2.63. The summed E-state index contributed by atoms with van der Waals surface area (Å²) < 4.78 is 5.20. The minimum Gasteiger partial charge on any atom is -0.462 e. The highest BCUT2D eigenvalue weighted by atomic mass is 32.2. The number of carbonyl (C=O) groups is 1. The highest BCUT2D eigenvalue weighted by molar-refractivity contribution is 7.98. The molecule has 0 saturated carbocycles. The normalized spacial score (nSPS) is 10.7. The van der Waals surface area contributed by atoms with Crippen molar-refractivity contribution in [1.82, 2.24) is 4.98 Å². The molecule has 0 aliphatic carbocycles. The molecule has 0 amide bonds. The number of aromatic nitrogens is 1. The average molecular weight is 352 g/mol. The van der Waals surface area contributed by atoms with Gasteiger partial charge in [-0.25, -0.2) is 4.79 Å². The van der Waals surface area contributed by atoms with Crippen LogP contribution in [0.4, 0.5) is 11.4 Å². The standard InChI is InChI=1S/C20H20N2O2S/c1-4-24-20(23)17-12-21-18-13(2)6-5-7-16(18)19(17)22-14-8-10-15(25-3)11-9-14/h5-12H,4H2,1-3H3,(H,21,22). The monoisotopic (exact) mass is 352 g/mol. The Hall–Kier alpha value is -2.53. The van der Waals surface area contributed by atoms with E-state index in [0.29, 0.717) is 12.2 Å². The van der Waals surface area contributed by atoms with E-state index in [1.54, 1.807) is 24.9 Å². The summed E-state index contributed by atoms with van der Waals surface area (Å²) in [5.41, 5.74) is 4.02. The molecule has 5 heteroatoms. The van der Waals surface area contributed by atoms with Crippen LogP contribution in [-0.2, 0) is 4.74 Å². The van der Waals surface area contributed by atoms with Gasteiger partial charge in [-0.3, -0.25) is 4.98 Å². The molecule has 25 heavy (non-hydrogen) atoms. The molecule has 0 fully saturated rings. The van der Waals surface area contributed by atoms with Gasteiger partial charge in [0.15, 0.2) is 0 Å². The Morgan fingerprint density at radius 2 is 1.96 bits per heavy atom. The predicted octanol–water partition coefficient (Wildman–Crippen LogP) is 5.19. The van der Waals surface area contributed by atoms with Gasteiger partial charge < -0.3 is 10.1 Å².